The molecule has 1 aliphatic carbocycles. The number of rotatable bonds is 3. The van der Waals surface area contributed by atoms with Crippen LogP contribution in [0.1, 0.15) is 25.7 Å². The summed E-state index contributed by atoms with van der Waals surface area (Å²) in [6.07, 6.45) is -2.36. The van der Waals surface area contributed by atoms with Crippen molar-refractivity contribution >= 4 is 11.9 Å². The molecular weight excluding hydrogens is 239 g/mol. The van der Waals surface area contributed by atoms with Gasteiger partial charge >= 0.3 is 18.1 Å². The van der Waals surface area contributed by atoms with E-state index in [9.17, 15) is 22.8 Å². The molecule has 2 N–H and O–H groups in total. The summed E-state index contributed by atoms with van der Waals surface area (Å²) < 4.78 is 35.8. The van der Waals surface area contributed by atoms with E-state index in [2.05, 4.69) is 0 Å². The molecule has 0 aromatic heterocycles. The lowest BCUT2D eigenvalue weighted by Crippen LogP contribution is -2.42. The van der Waals surface area contributed by atoms with Crippen LogP contribution in [0.2, 0.25) is 0 Å². The zero-order chi connectivity index (χ0) is 13.1. The first-order chi connectivity index (χ1) is 7.82. The Morgan fingerprint density at radius 2 is 1.82 bits per heavy atom. The SMILES string of the molecule is O=C(O)[C@@H]1CCCC[C@@H]1CNC(=O)C(F)(F)F. The Labute approximate surface area is 96.2 Å². The third-order valence-corrected chi connectivity index (χ3v) is 3.01. The first-order valence-electron chi connectivity index (χ1n) is 5.40. The number of alkyl halides is 3. The number of hydrogen-bond acceptors (Lipinski definition) is 2. The molecule has 0 saturated heterocycles. The topological polar surface area (TPSA) is 66.4 Å². The molecule has 0 radical (unpaired) electrons. The Balaban J connectivity index is 2.49. The molecule has 1 aliphatic rings. The summed E-state index contributed by atoms with van der Waals surface area (Å²) in [7, 11) is 0. The molecule has 0 unspecified atom stereocenters. The van der Waals surface area contributed by atoms with Crippen molar-refractivity contribution in [3.05, 3.63) is 0 Å². The highest BCUT2D eigenvalue weighted by Gasteiger charge is 2.39. The van der Waals surface area contributed by atoms with E-state index in [-0.39, 0.29) is 6.54 Å². The fraction of sp³-hybridized carbons (Fsp3) is 0.800. The van der Waals surface area contributed by atoms with Gasteiger partial charge in [-0.2, -0.15) is 13.2 Å². The summed E-state index contributed by atoms with van der Waals surface area (Å²) in [5.41, 5.74) is 0. The molecule has 17 heavy (non-hydrogen) atoms. The van der Waals surface area contributed by atoms with Gasteiger partial charge in [-0.05, 0) is 18.8 Å². The third-order valence-electron chi connectivity index (χ3n) is 3.01. The summed E-state index contributed by atoms with van der Waals surface area (Å²) in [6.45, 7) is -0.227. The van der Waals surface area contributed by atoms with Crippen LogP contribution < -0.4 is 5.32 Å². The summed E-state index contributed by atoms with van der Waals surface area (Å²) in [4.78, 5) is 21.5. The maximum Gasteiger partial charge on any atom is 0.471 e. The van der Waals surface area contributed by atoms with Gasteiger partial charge in [0.1, 0.15) is 0 Å². The minimum Gasteiger partial charge on any atom is -0.481 e. The lowest BCUT2D eigenvalue weighted by molar-refractivity contribution is -0.174. The Morgan fingerprint density at radius 1 is 1.24 bits per heavy atom. The van der Waals surface area contributed by atoms with Crippen molar-refractivity contribution in [2.75, 3.05) is 6.54 Å². The van der Waals surface area contributed by atoms with Gasteiger partial charge in [0, 0.05) is 6.54 Å². The summed E-state index contributed by atoms with van der Waals surface area (Å²) >= 11 is 0. The first-order valence-corrected chi connectivity index (χ1v) is 5.40. The Morgan fingerprint density at radius 3 is 2.35 bits per heavy atom. The predicted molar refractivity (Wildman–Crippen MR) is 52.1 cm³/mol. The molecule has 98 valence electrons. The van der Waals surface area contributed by atoms with Gasteiger partial charge in [0.2, 0.25) is 0 Å². The Bertz CT molecular complexity index is 304. The van der Waals surface area contributed by atoms with Gasteiger partial charge in [0.25, 0.3) is 0 Å². The first kappa shape index (κ1) is 13.8. The highest BCUT2D eigenvalue weighted by Crippen LogP contribution is 2.30. The number of carbonyl (C=O) groups is 2. The Kier molecular flexibility index (Phi) is 4.36. The molecule has 0 bridgehead atoms. The average Bonchev–Trinajstić information content (AvgIpc) is 2.24. The maximum absolute atomic E-state index is 11.9. The standard InChI is InChI=1S/C10H14F3NO3/c11-10(12,13)9(17)14-5-6-3-1-2-4-7(6)8(15)16/h6-7H,1-5H2,(H,14,17)(H,15,16)/t6-,7-/m1/s1. The van der Waals surface area contributed by atoms with Gasteiger partial charge in [-0.1, -0.05) is 12.8 Å². The highest BCUT2D eigenvalue weighted by atomic mass is 19.4. The van der Waals surface area contributed by atoms with E-state index >= 15 is 0 Å². The van der Waals surface area contributed by atoms with Gasteiger partial charge in [-0.3, -0.25) is 9.59 Å². The second kappa shape index (κ2) is 5.37. The molecular formula is C10H14F3NO3. The number of nitrogens with one attached hydrogen (secondary N) is 1. The minimum absolute atomic E-state index is 0.227. The summed E-state index contributed by atoms with van der Waals surface area (Å²) in [6, 6.07) is 0. The van der Waals surface area contributed by atoms with Crippen LogP contribution in [0.4, 0.5) is 13.2 Å². The molecule has 0 aromatic rings. The second-order valence-corrected chi connectivity index (χ2v) is 4.20. The molecule has 1 saturated carbocycles. The average molecular weight is 253 g/mol. The molecule has 7 heteroatoms. The van der Waals surface area contributed by atoms with Crippen molar-refractivity contribution in [3.8, 4) is 0 Å². The van der Waals surface area contributed by atoms with Crippen LogP contribution >= 0.6 is 0 Å². The van der Waals surface area contributed by atoms with E-state index in [1.165, 1.54) is 0 Å². The zero-order valence-corrected chi connectivity index (χ0v) is 9.09. The van der Waals surface area contributed by atoms with Gasteiger partial charge < -0.3 is 10.4 Å². The number of hydrogen-bond donors (Lipinski definition) is 2. The van der Waals surface area contributed by atoms with Crippen molar-refractivity contribution in [3.63, 3.8) is 0 Å². The number of amides is 1. The largest absolute Gasteiger partial charge is 0.481 e. The van der Waals surface area contributed by atoms with Crippen molar-refractivity contribution in [2.24, 2.45) is 11.8 Å². The zero-order valence-electron chi connectivity index (χ0n) is 9.09. The van der Waals surface area contributed by atoms with Gasteiger partial charge in [0.15, 0.2) is 0 Å². The van der Waals surface area contributed by atoms with Crippen LogP contribution in [0.5, 0.6) is 0 Å². The number of carboxylic acids is 1. The monoisotopic (exact) mass is 253 g/mol. The van der Waals surface area contributed by atoms with Gasteiger partial charge in [0.05, 0.1) is 5.92 Å². The molecule has 1 amide bonds. The molecule has 1 fully saturated rings. The molecule has 0 aliphatic heterocycles. The van der Waals surface area contributed by atoms with Gasteiger partial charge in [-0.15, -0.1) is 0 Å². The van der Waals surface area contributed by atoms with Crippen LogP contribution in [-0.4, -0.2) is 29.7 Å². The quantitative estimate of drug-likeness (QED) is 0.802. The number of carbonyl (C=O) groups excluding carboxylic acids is 1. The fourth-order valence-corrected chi connectivity index (χ4v) is 2.10. The second-order valence-electron chi connectivity index (χ2n) is 4.20. The van der Waals surface area contributed by atoms with E-state index in [1.54, 1.807) is 5.32 Å². The fourth-order valence-electron chi connectivity index (χ4n) is 2.10. The van der Waals surface area contributed by atoms with Crippen molar-refractivity contribution in [1.82, 2.24) is 5.32 Å². The molecule has 2 atom stereocenters. The molecule has 0 heterocycles. The van der Waals surface area contributed by atoms with E-state index < -0.39 is 29.9 Å². The van der Waals surface area contributed by atoms with Crippen LogP contribution in [0.3, 0.4) is 0 Å². The normalized spacial score (nSPS) is 25.4. The maximum atomic E-state index is 11.9. The lowest BCUT2D eigenvalue weighted by atomic mass is 9.79. The summed E-state index contributed by atoms with van der Waals surface area (Å²) in [5, 5.41) is 10.6. The van der Waals surface area contributed by atoms with Crippen molar-refractivity contribution in [2.45, 2.75) is 31.9 Å². The van der Waals surface area contributed by atoms with E-state index in [0.29, 0.717) is 12.8 Å². The van der Waals surface area contributed by atoms with Crippen molar-refractivity contribution in [1.29, 1.82) is 0 Å². The Hall–Kier alpha value is -1.27. The molecule has 4 nitrogen and oxygen atoms in total. The van der Waals surface area contributed by atoms with Crippen molar-refractivity contribution < 1.29 is 27.9 Å². The third kappa shape index (κ3) is 3.90. The minimum atomic E-state index is -4.91. The van der Waals surface area contributed by atoms with Crippen LogP contribution in [-0.2, 0) is 9.59 Å². The molecule has 0 aromatic carbocycles. The molecule has 1 rings (SSSR count). The van der Waals surface area contributed by atoms with E-state index in [1.807, 2.05) is 0 Å². The lowest BCUT2D eigenvalue weighted by Gasteiger charge is -2.28. The van der Waals surface area contributed by atoms with Crippen LogP contribution in [0, 0.1) is 11.8 Å². The number of aliphatic carboxylic acids is 1. The smallest absolute Gasteiger partial charge is 0.471 e. The number of halogens is 3. The van der Waals surface area contributed by atoms with Gasteiger partial charge in [-0.25, -0.2) is 0 Å². The van der Waals surface area contributed by atoms with Crippen LogP contribution in [0.25, 0.3) is 0 Å². The molecule has 0 spiro atoms. The predicted octanol–water partition coefficient (Wildman–Crippen LogP) is 1.56. The number of carboxylic acid groups (broad SMARTS) is 1. The highest BCUT2D eigenvalue weighted by molar-refractivity contribution is 5.81. The van der Waals surface area contributed by atoms with E-state index in [0.717, 1.165) is 12.8 Å². The van der Waals surface area contributed by atoms with Crippen LogP contribution in [0.15, 0.2) is 0 Å². The summed E-state index contributed by atoms with van der Waals surface area (Å²) in [5.74, 6) is -4.08. The van der Waals surface area contributed by atoms with E-state index in [4.69, 9.17) is 5.11 Å².